The van der Waals surface area contributed by atoms with Crippen molar-refractivity contribution in [2.75, 3.05) is 18.4 Å². The first kappa shape index (κ1) is 21.3. The van der Waals surface area contributed by atoms with Crippen molar-refractivity contribution in [3.05, 3.63) is 29.3 Å². The van der Waals surface area contributed by atoms with Crippen LogP contribution in [0.1, 0.15) is 58.1 Å². The first-order valence-corrected chi connectivity index (χ1v) is 10.6. The van der Waals surface area contributed by atoms with Gasteiger partial charge in [0.2, 0.25) is 5.91 Å². The van der Waals surface area contributed by atoms with Crippen LogP contribution in [0.25, 0.3) is 0 Å². The molecule has 1 aromatic carbocycles. The van der Waals surface area contributed by atoms with Crippen molar-refractivity contribution in [1.29, 1.82) is 0 Å². The van der Waals surface area contributed by atoms with Crippen LogP contribution in [0.2, 0.25) is 0 Å². The fourth-order valence-corrected chi connectivity index (χ4v) is 4.01. The second-order valence-electron chi connectivity index (χ2n) is 9.22. The summed E-state index contributed by atoms with van der Waals surface area (Å²) in [7, 11) is 0. The zero-order chi connectivity index (χ0) is 21.2. The maximum atomic E-state index is 12.5. The van der Waals surface area contributed by atoms with Crippen molar-refractivity contribution in [3.8, 4) is 0 Å². The van der Waals surface area contributed by atoms with Crippen molar-refractivity contribution in [3.63, 3.8) is 0 Å². The normalized spacial score (nSPS) is 18.1. The molecule has 6 nitrogen and oxygen atoms in total. The minimum Gasteiger partial charge on any atom is -0.452 e. The standard InChI is InChI=1S/C23H32N2O4/c1-15(20(26)24-19-9-8-16-6-5-7-18(16)14-19)29-21(27)17-10-12-25(13-11-17)22(28)23(2,3)4/h8-9,14-15,17H,5-7,10-13H2,1-4H3,(H,24,26). The molecule has 6 heteroatoms. The second-order valence-corrected chi connectivity index (χ2v) is 9.22. The summed E-state index contributed by atoms with van der Waals surface area (Å²) in [4.78, 5) is 39.1. The molecule has 1 aliphatic heterocycles. The van der Waals surface area contributed by atoms with Crippen molar-refractivity contribution in [1.82, 2.24) is 4.90 Å². The van der Waals surface area contributed by atoms with E-state index in [1.807, 2.05) is 37.8 Å². The lowest BCUT2D eigenvalue weighted by Crippen LogP contribution is -2.45. The molecule has 1 unspecified atom stereocenters. The van der Waals surface area contributed by atoms with Crippen molar-refractivity contribution >= 4 is 23.5 Å². The molecular formula is C23H32N2O4. The molecule has 29 heavy (non-hydrogen) atoms. The number of carbonyl (C=O) groups excluding carboxylic acids is 3. The lowest BCUT2D eigenvalue weighted by molar-refractivity contribution is -0.160. The van der Waals surface area contributed by atoms with E-state index in [0.29, 0.717) is 25.9 Å². The number of carbonyl (C=O) groups is 3. The van der Waals surface area contributed by atoms with Gasteiger partial charge < -0.3 is 15.0 Å². The molecule has 1 atom stereocenters. The van der Waals surface area contributed by atoms with Crippen LogP contribution in [0.3, 0.4) is 0 Å². The third-order valence-electron chi connectivity index (χ3n) is 5.79. The third-order valence-corrected chi connectivity index (χ3v) is 5.79. The molecule has 158 valence electrons. The van der Waals surface area contributed by atoms with Gasteiger partial charge in [-0.3, -0.25) is 14.4 Å². The fraction of sp³-hybridized carbons (Fsp3) is 0.609. The number of rotatable bonds is 4. The van der Waals surface area contributed by atoms with Gasteiger partial charge in [0.25, 0.3) is 5.91 Å². The summed E-state index contributed by atoms with van der Waals surface area (Å²) in [5.41, 5.74) is 2.95. The molecule has 2 aliphatic rings. The van der Waals surface area contributed by atoms with E-state index < -0.39 is 11.5 Å². The number of hydrogen-bond acceptors (Lipinski definition) is 4. The average molecular weight is 401 g/mol. The van der Waals surface area contributed by atoms with Gasteiger partial charge in [0, 0.05) is 24.2 Å². The lowest BCUT2D eigenvalue weighted by Gasteiger charge is -2.35. The Morgan fingerprint density at radius 2 is 1.76 bits per heavy atom. The third kappa shape index (κ3) is 5.17. The van der Waals surface area contributed by atoms with Crippen molar-refractivity contribution in [2.45, 2.75) is 65.9 Å². The predicted octanol–water partition coefficient (Wildman–Crippen LogP) is 3.33. The van der Waals surface area contributed by atoms with Crippen LogP contribution < -0.4 is 5.32 Å². The number of fused-ring (bicyclic) bond motifs is 1. The van der Waals surface area contributed by atoms with Crippen LogP contribution in [-0.2, 0) is 32.0 Å². The van der Waals surface area contributed by atoms with Crippen molar-refractivity contribution < 1.29 is 19.1 Å². The number of nitrogens with one attached hydrogen (secondary N) is 1. The Kier molecular flexibility index (Phi) is 6.30. The molecule has 1 saturated heterocycles. The summed E-state index contributed by atoms with van der Waals surface area (Å²) in [6, 6.07) is 5.97. The summed E-state index contributed by atoms with van der Waals surface area (Å²) in [5.74, 6) is -0.846. The van der Waals surface area contributed by atoms with E-state index in [9.17, 15) is 14.4 Å². The van der Waals surface area contributed by atoms with Crippen LogP contribution in [0.5, 0.6) is 0 Å². The number of ether oxygens (including phenoxy) is 1. The van der Waals surface area contributed by atoms with E-state index in [-0.39, 0.29) is 23.7 Å². The molecule has 1 aliphatic carbocycles. The molecule has 1 heterocycles. The highest BCUT2D eigenvalue weighted by molar-refractivity contribution is 5.95. The minimum atomic E-state index is -0.856. The molecule has 0 aromatic heterocycles. The van der Waals surface area contributed by atoms with E-state index in [2.05, 4.69) is 11.4 Å². The highest BCUT2D eigenvalue weighted by Gasteiger charge is 2.34. The van der Waals surface area contributed by atoms with Gasteiger partial charge in [0.15, 0.2) is 6.10 Å². The second kappa shape index (κ2) is 8.56. The van der Waals surface area contributed by atoms with Gasteiger partial charge in [-0.1, -0.05) is 26.8 Å². The van der Waals surface area contributed by atoms with Crippen molar-refractivity contribution in [2.24, 2.45) is 11.3 Å². The number of nitrogens with zero attached hydrogens (tertiary/aromatic N) is 1. The smallest absolute Gasteiger partial charge is 0.309 e. The summed E-state index contributed by atoms with van der Waals surface area (Å²) >= 11 is 0. The summed E-state index contributed by atoms with van der Waals surface area (Å²) < 4.78 is 5.43. The molecule has 1 N–H and O–H groups in total. The Morgan fingerprint density at radius 3 is 2.41 bits per heavy atom. The number of esters is 1. The van der Waals surface area contributed by atoms with E-state index in [1.54, 1.807) is 6.92 Å². The van der Waals surface area contributed by atoms with E-state index in [4.69, 9.17) is 4.74 Å². The molecular weight excluding hydrogens is 368 g/mol. The highest BCUT2D eigenvalue weighted by Crippen LogP contribution is 2.26. The molecule has 1 aromatic rings. The summed E-state index contributed by atoms with van der Waals surface area (Å²) in [5, 5.41) is 2.85. The van der Waals surface area contributed by atoms with Crippen LogP contribution in [0.4, 0.5) is 5.69 Å². The zero-order valence-corrected chi connectivity index (χ0v) is 17.9. The first-order valence-electron chi connectivity index (χ1n) is 10.6. The molecule has 0 bridgehead atoms. The van der Waals surface area contributed by atoms with Gasteiger partial charge in [-0.05, 0) is 62.3 Å². The number of anilines is 1. The summed E-state index contributed by atoms with van der Waals surface area (Å²) in [6.07, 6.45) is 3.57. The maximum Gasteiger partial charge on any atom is 0.309 e. The molecule has 2 amide bonds. The number of aryl methyl sites for hydroxylation is 2. The zero-order valence-electron chi connectivity index (χ0n) is 17.9. The number of benzene rings is 1. The first-order chi connectivity index (χ1) is 13.6. The number of piperidine rings is 1. The topological polar surface area (TPSA) is 75.7 Å². The minimum absolute atomic E-state index is 0.103. The Labute approximate surface area is 173 Å². The number of amides is 2. The SMILES string of the molecule is CC(OC(=O)C1CCN(C(=O)C(C)(C)C)CC1)C(=O)Nc1ccc2c(c1)CCC2. The quantitative estimate of drug-likeness (QED) is 0.787. The largest absolute Gasteiger partial charge is 0.452 e. The Bertz CT molecular complexity index is 789. The van der Waals surface area contributed by atoms with E-state index in [1.165, 1.54) is 11.1 Å². The molecule has 1 fully saturated rings. The fourth-order valence-electron chi connectivity index (χ4n) is 4.01. The molecule has 0 spiro atoms. The van der Waals surface area contributed by atoms with Crippen LogP contribution in [0.15, 0.2) is 18.2 Å². The van der Waals surface area contributed by atoms with Crippen LogP contribution in [0, 0.1) is 11.3 Å². The Morgan fingerprint density at radius 1 is 1.10 bits per heavy atom. The van der Waals surface area contributed by atoms with Gasteiger partial charge in [0.05, 0.1) is 5.92 Å². The number of likely N-dealkylation sites (tertiary alicyclic amines) is 1. The van der Waals surface area contributed by atoms with Crippen LogP contribution in [-0.4, -0.2) is 41.9 Å². The molecule has 3 rings (SSSR count). The Hall–Kier alpha value is -2.37. The van der Waals surface area contributed by atoms with Gasteiger partial charge in [-0.25, -0.2) is 0 Å². The predicted molar refractivity (Wildman–Crippen MR) is 111 cm³/mol. The lowest BCUT2D eigenvalue weighted by atomic mass is 9.91. The van der Waals surface area contributed by atoms with Gasteiger partial charge in [0.1, 0.15) is 0 Å². The summed E-state index contributed by atoms with van der Waals surface area (Å²) in [6.45, 7) is 8.39. The maximum absolute atomic E-state index is 12.5. The monoisotopic (exact) mass is 400 g/mol. The van der Waals surface area contributed by atoms with Gasteiger partial charge in [-0.15, -0.1) is 0 Å². The van der Waals surface area contributed by atoms with Gasteiger partial charge >= 0.3 is 5.97 Å². The molecule has 0 radical (unpaired) electrons. The Balaban J connectivity index is 1.48. The molecule has 0 saturated carbocycles. The number of hydrogen-bond donors (Lipinski definition) is 1. The van der Waals surface area contributed by atoms with E-state index >= 15 is 0 Å². The van der Waals surface area contributed by atoms with Gasteiger partial charge in [-0.2, -0.15) is 0 Å². The highest BCUT2D eigenvalue weighted by atomic mass is 16.5. The van der Waals surface area contributed by atoms with E-state index in [0.717, 1.165) is 24.9 Å². The van der Waals surface area contributed by atoms with Crippen LogP contribution >= 0.6 is 0 Å². The average Bonchev–Trinajstić information content (AvgIpc) is 3.14.